The molecule has 0 unspecified atom stereocenters. The van der Waals surface area contributed by atoms with Gasteiger partial charge in [-0.05, 0) is 24.3 Å². The SMILES string of the molecule is COc1ccccc1N1CCN(C(=O)CNc2ccccc2Cl)CC1. The quantitative estimate of drug-likeness (QED) is 0.891. The molecule has 2 aromatic carbocycles. The van der Waals surface area contributed by atoms with E-state index in [0.717, 1.165) is 30.2 Å². The van der Waals surface area contributed by atoms with Crippen LogP contribution in [0.5, 0.6) is 5.75 Å². The summed E-state index contributed by atoms with van der Waals surface area (Å²) in [6.45, 7) is 3.22. The molecule has 1 heterocycles. The molecule has 25 heavy (non-hydrogen) atoms. The second-order valence-corrected chi connectivity index (χ2v) is 6.28. The van der Waals surface area contributed by atoms with Crippen LogP contribution in [0.4, 0.5) is 11.4 Å². The number of amides is 1. The van der Waals surface area contributed by atoms with E-state index < -0.39 is 0 Å². The minimum atomic E-state index is 0.0830. The van der Waals surface area contributed by atoms with Crippen LogP contribution in [0.15, 0.2) is 48.5 Å². The third-order valence-corrected chi connectivity index (χ3v) is 4.69. The molecule has 1 N–H and O–H groups in total. The summed E-state index contributed by atoms with van der Waals surface area (Å²) >= 11 is 6.10. The van der Waals surface area contributed by atoms with Crippen LogP contribution in [-0.2, 0) is 4.79 Å². The van der Waals surface area contributed by atoms with Crippen LogP contribution < -0.4 is 15.0 Å². The molecule has 6 heteroatoms. The summed E-state index contributed by atoms with van der Waals surface area (Å²) in [6, 6.07) is 15.4. The molecule has 3 rings (SSSR count). The Kier molecular flexibility index (Phi) is 5.66. The minimum Gasteiger partial charge on any atom is -0.495 e. The Morgan fingerprint density at radius 3 is 2.48 bits per heavy atom. The van der Waals surface area contributed by atoms with Crippen LogP contribution in [-0.4, -0.2) is 50.6 Å². The normalized spacial score (nSPS) is 14.3. The molecule has 0 bridgehead atoms. The molecule has 1 aliphatic rings. The highest BCUT2D eigenvalue weighted by molar-refractivity contribution is 6.33. The summed E-state index contributed by atoms with van der Waals surface area (Å²) < 4.78 is 5.43. The number of hydrogen-bond donors (Lipinski definition) is 1. The molecular formula is C19H22ClN3O2. The van der Waals surface area contributed by atoms with Gasteiger partial charge in [-0.15, -0.1) is 0 Å². The number of hydrogen-bond acceptors (Lipinski definition) is 4. The van der Waals surface area contributed by atoms with E-state index in [4.69, 9.17) is 16.3 Å². The Morgan fingerprint density at radius 1 is 1.08 bits per heavy atom. The molecular weight excluding hydrogens is 338 g/mol. The lowest BCUT2D eigenvalue weighted by Gasteiger charge is -2.36. The third kappa shape index (κ3) is 4.17. The van der Waals surface area contributed by atoms with E-state index in [1.807, 2.05) is 41.3 Å². The number of anilines is 2. The first-order valence-electron chi connectivity index (χ1n) is 8.33. The molecule has 0 radical (unpaired) electrons. The largest absolute Gasteiger partial charge is 0.495 e. The molecule has 5 nitrogen and oxygen atoms in total. The number of halogens is 1. The molecule has 0 saturated carbocycles. The Balaban J connectivity index is 1.53. The van der Waals surface area contributed by atoms with Gasteiger partial charge in [-0.3, -0.25) is 4.79 Å². The van der Waals surface area contributed by atoms with Crippen molar-refractivity contribution in [1.29, 1.82) is 0 Å². The van der Waals surface area contributed by atoms with E-state index in [-0.39, 0.29) is 12.5 Å². The average Bonchev–Trinajstić information content (AvgIpc) is 2.67. The molecule has 0 atom stereocenters. The number of methoxy groups -OCH3 is 1. The predicted octanol–water partition coefficient (Wildman–Crippen LogP) is 3.11. The van der Waals surface area contributed by atoms with Crippen molar-refractivity contribution >= 4 is 28.9 Å². The van der Waals surface area contributed by atoms with E-state index in [1.165, 1.54) is 0 Å². The number of benzene rings is 2. The van der Waals surface area contributed by atoms with Gasteiger partial charge in [0.25, 0.3) is 0 Å². The average molecular weight is 360 g/mol. The Morgan fingerprint density at radius 2 is 1.76 bits per heavy atom. The maximum absolute atomic E-state index is 12.4. The predicted molar refractivity (Wildman–Crippen MR) is 102 cm³/mol. The third-order valence-electron chi connectivity index (χ3n) is 4.36. The molecule has 132 valence electrons. The monoisotopic (exact) mass is 359 g/mol. The molecule has 0 spiro atoms. The van der Waals surface area contributed by atoms with Crippen LogP contribution in [0.2, 0.25) is 5.02 Å². The standard InChI is InChI=1S/C19H22ClN3O2/c1-25-18-9-5-4-8-17(18)22-10-12-23(13-11-22)19(24)14-21-16-7-3-2-6-15(16)20/h2-9,21H,10-14H2,1H3. The maximum Gasteiger partial charge on any atom is 0.241 e. The van der Waals surface area contributed by atoms with Crippen LogP contribution in [0, 0.1) is 0 Å². The van der Waals surface area contributed by atoms with Crippen molar-refractivity contribution in [2.24, 2.45) is 0 Å². The second-order valence-electron chi connectivity index (χ2n) is 5.87. The van der Waals surface area contributed by atoms with Gasteiger partial charge in [0.05, 0.1) is 30.1 Å². The van der Waals surface area contributed by atoms with Gasteiger partial charge in [0.15, 0.2) is 0 Å². The van der Waals surface area contributed by atoms with Gasteiger partial charge in [-0.2, -0.15) is 0 Å². The van der Waals surface area contributed by atoms with E-state index in [9.17, 15) is 4.79 Å². The zero-order valence-electron chi connectivity index (χ0n) is 14.2. The van der Waals surface area contributed by atoms with Crippen LogP contribution in [0.1, 0.15) is 0 Å². The van der Waals surface area contributed by atoms with Crippen molar-refractivity contribution in [3.05, 3.63) is 53.6 Å². The van der Waals surface area contributed by atoms with Gasteiger partial charge in [0.1, 0.15) is 5.75 Å². The van der Waals surface area contributed by atoms with Crippen molar-refractivity contribution in [3.63, 3.8) is 0 Å². The second kappa shape index (κ2) is 8.12. The number of ether oxygens (including phenoxy) is 1. The highest BCUT2D eigenvalue weighted by Gasteiger charge is 2.22. The van der Waals surface area contributed by atoms with Gasteiger partial charge in [0, 0.05) is 26.2 Å². The molecule has 0 aliphatic carbocycles. The number of piperazine rings is 1. The first-order chi connectivity index (χ1) is 12.2. The summed E-state index contributed by atoms with van der Waals surface area (Å²) in [6.07, 6.45) is 0. The van der Waals surface area contributed by atoms with Crippen LogP contribution in [0.25, 0.3) is 0 Å². The molecule has 1 amide bonds. The fourth-order valence-electron chi connectivity index (χ4n) is 2.97. The number of carbonyl (C=O) groups excluding carboxylic acids is 1. The lowest BCUT2D eigenvalue weighted by atomic mass is 10.2. The first-order valence-corrected chi connectivity index (χ1v) is 8.71. The highest BCUT2D eigenvalue weighted by Crippen LogP contribution is 2.28. The Hall–Kier alpha value is -2.40. The number of nitrogens with zero attached hydrogens (tertiary/aromatic N) is 2. The number of rotatable bonds is 5. The first kappa shape index (κ1) is 17.4. The van der Waals surface area contributed by atoms with Crippen molar-refractivity contribution in [3.8, 4) is 5.75 Å². The van der Waals surface area contributed by atoms with E-state index in [2.05, 4.69) is 16.3 Å². The molecule has 1 fully saturated rings. The Bertz CT molecular complexity index is 730. The van der Waals surface area contributed by atoms with Crippen molar-refractivity contribution in [2.75, 3.05) is 50.1 Å². The number of carbonyl (C=O) groups is 1. The van der Waals surface area contributed by atoms with Gasteiger partial charge in [-0.25, -0.2) is 0 Å². The van der Waals surface area contributed by atoms with Crippen LogP contribution in [0.3, 0.4) is 0 Å². The summed E-state index contributed by atoms with van der Waals surface area (Å²) in [7, 11) is 1.68. The summed E-state index contributed by atoms with van der Waals surface area (Å²) in [4.78, 5) is 16.6. The molecule has 0 aromatic heterocycles. The van der Waals surface area contributed by atoms with Gasteiger partial charge >= 0.3 is 0 Å². The smallest absolute Gasteiger partial charge is 0.241 e. The van der Waals surface area contributed by atoms with Crippen molar-refractivity contribution in [1.82, 2.24) is 4.90 Å². The van der Waals surface area contributed by atoms with Gasteiger partial charge in [0.2, 0.25) is 5.91 Å². The lowest BCUT2D eigenvalue weighted by Crippen LogP contribution is -2.50. The molecule has 2 aromatic rings. The topological polar surface area (TPSA) is 44.8 Å². The maximum atomic E-state index is 12.4. The number of nitrogens with one attached hydrogen (secondary N) is 1. The summed E-state index contributed by atoms with van der Waals surface area (Å²) in [5, 5.41) is 3.74. The fraction of sp³-hybridized carbons (Fsp3) is 0.316. The van der Waals surface area contributed by atoms with Crippen molar-refractivity contribution in [2.45, 2.75) is 0 Å². The fourth-order valence-corrected chi connectivity index (χ4v) is 3.18. The highest BCUT2D eigenvalue weighted by atomic mass is 35.5. The van der Waals surface area contributed by atoms with Crippen LogP contribution >= 0.6 is 11.6 Å². The van der Waals surface area contributed by atoms with E-state index in [0.29, 0.717) is 18.1 Å². The molecule has 1 saturated heterocycles. The summed E-state index contributed by atoms with van der Waals surface area (Å²) in [5.41, 5.74) is 1.86. The van der Waals surface area contributed by atoms with E-state index >= 15 is 0 Å². The Labute approximate surface area is 153 Å². The van der Waals surface area contributed by atoms with Crippen molar-refractivity contribution < 1.29 is 9.53 Å². The lowest BCUT2D eigenvalue weighted by molar-refractivity contribution is -0.129. The van der Waals surface area contributed by atoms with Gasteiger partial charge in [-0.1, -0.05) is 35.9 Å². The molecule has 1 aliphatic heterocycles. The zero-order chi connectivity index (χ0) is 17.6. The minimum absolute atomic E-state index is 0.0830. The van der Waals surface area contributed by atoms with E-state index in [1.54, 1.807) is 13.2 Å². The summed E-state index contributed by atoms with van der Waals surface area (Å²) in [5.74, 6) is 0.947. The zero-order valence-corrected chi connectivity index (χ0v) is 15.0. The number of para-hydroxylation sites is 3. The van der Waals surface area contributed by atoms with Gasteiger partial charge < -0.3 is 19.9 Å².